The second-order valence-electron chi connectivity index (χ2n) is 19.4. The number of carbonyl (C=O) groups is 10. The number of allylic oxidation sites excluding steroid dienone is 4. The molecule has 1 fully saturated rings. The Morgan fingerprint density at radius 1 is 0.506 bits per heavy atom. The molecule has 2 rings (SSSR count). The van der Waals surface area contributed by atoms with E-state index in [4.69, 9.17) is 53.9 Å². The monoisotopic (exact) mass is 1200 g/mol. The molecule has 454 valence electrons. The largest absolute Gasteiger partial charge is 0.465 e. The number of fused-ring (bicyclic) bond motifs is 1. The third kappa shape index (κ3) is 29.4. The van der Waals surface area contributed by atoms with E-state index in [0.717, 1.165) is 23.3 Å². The van der Waals surface area contributed by atoms with Gasteiger partial charge in [-0.3, -0.25) is 38.4 Å². The van der Waals surface area contributed by atoms with Crippen molar-refractivity contribution in [3.05, 3.63) is 119 Å². The van der Waals surface area contributed by atoms with Crippen LogP contribution in [0, 0.1) is 30.2 Å². The molecule has 0 spiro atoms. The van der Waals surface area contributed by atoms with Crippen molar-refractivity contribution < 1.29 is 95.3 Å². The number of ether oxygens (including phenoxy) is 10. The Hall–Kier alpha value is -7.45. The highest BCUT2D eigenvalue weighted by molar-refractivity contribution is 8.26. The number of hydrogen-bond donors (Lipinski definition) is 0. The van der Waals surface area contributed by atoms with Crippen molar-refractivity contribution in [2.24, 2.45) is 23.7 Å². The molecule has 0 N–H and O–H groups in total. The number of nitrogens with zero attached hydrogens (tertiary/aromatic N) is 1. The smallest absolute Gasteiger partial charge is 0.330 e. The Bertz CT molecular complexity index is 2570. The van der Waals surface area contributed by atoms with Gasteiger partial charge in [-0.15, -0.1) is 23.5 Å². The van der Waals surface area contributed by atoms with Crippen molar-refractivity contribution in [2.75, 3.05) is 39.6 Å². The molecule has 0 aromatic heterocycles. The first-order valence-electron chi connectivity index (χ1n) is 27.0. The van der Waals surface area contributed by atoms with Crippen LogP contribution in [0.1, 0.15) is 125 Å². The number of carbonyl (C=O) groups excluding carboxylic acids is 10. The molecular weight excluding hydrogens is 1120 g/mol. The van der Waals surface area contributed by atoms with Crippen molar-refractivity contribution >= 4 is 83.2 Å². The maximum atomic E-state index is 13.6. The average molecular weight is 1200 g/mol. The zero-order valence-corrected chi connectivity index (χ0v) is 49.7. The molecule has 0 amide bonds. The predicted molar refractivity (Wildman–Crippen MR) is 307 cm³/mol. The summed E-state index contributed by atoms with van der Waals surface area (Å²) in [4.78, 5) is 126. The van der Waals surface area contributed by atoms with Crippen LogP contribution < -0.4 is 0 Å². The Morgan fingerprint density at radius 2 is 0.867 bits per heavy atom. The van der Waals surface area contributed by atoms with Gasteiger partial charge in [0.05, 0.1) is 79.6 Å². The Balaban J connectivity index is 1.78. The van der Waals surface area contributed by atoms with Gasteiger partial charge in [0, 0.05) is 42.1 Å². The molecule has 83 heavy (non-hydrogen) atoms. The second-order valence-corrected chi connectivity index (χ2v) is 22.0. The van der Waals surface area contributed by atoms with Gasteiger partial charge in [-0.2, -0.15) is 0 Å². The lowest BCUT2D eigenvalue weighted by molar-refractivity contribution is -0.152. The average Bonchev–Trinajstić information content (AvgIpc) is 4.04. The van der Waals surface area contributed by atoms with Gasteiger partial charge in [-0.25, -0.2) is 14.4 Å². The molecule has 6 atom stereocenters. The summed E-state index contributed by atoms with van der Waals surface area (Å²) in [6.45, 7) is 37.6. The summed E-state index contributed by atoms with van der Waals surface area (Å²) in [6.07, 6.45) is 7.44. The predicted octanol–water partition coefficient (Wildman–Crippen LogP) is 10.0. The normalized spacial score (nSPS) is 16.0. The van der Waals surface area contributed by atoms with Gasteiger partial charge < -0.3 is 47.4 Å². The highest BCUT2D eigenvalue weighted by atomic mass is 32.2. The summed E-state index contributed by atoms with van der Waals surface area (Å²) >= 11 is 2.64. The SMILES string of the molecule is [C-]#[N+]/C=C1\SC2C(OC(=O)C(C)CCC(C)C(=O)OC(=C)CCC(=C)CCOC(=O)CCC(=O)OCCOC(=O)C=C)=CC(C)=C(OC(=O)C(C)CCC(C)C(=O)OC(=C)CCC(=C)CCOC(=O)CCC(=O)OCCOC(=O)C=C)C2S1. The molecule has 1 saturated heterocycles. The minimum absolute atomic E-state index is 0.0335. The lowest BCUT2D eigenvalue weighted by Crippen LogP contribution is -2.31. The quantitative estimate of drug-likeness (QED) is 0.0105. The van der Waals surface area contributed by atoms with E-state index in [1.165, 1.54) is 29.7 Å². The van der Waals surface area contributed by atoms with Crippen molar-refractivity contribution in [1.82, 2.24) is 0 Å². The first-order valence-corrected chi connectivity index (χ1v) is 28.7. The fourth-order valence-electron chi connectivity index (χ4n) is 7.13. The third-order valence-corrected chi connectivity index (χ3v) is 15.3. The highest BCUT2D eigenvalue weighted by Gasteiger charge is 2.44. The number of esters is 10. The van der Waals surface area contributed by atoms with Gasteiger partial charge >= 0.3 is 59.7 Å². The molecule has 21 nitrogen and oxygen atoms in total. The lowest BCUT2D eigenvalue weighted by Gasteiger charge is -2.28. The fraction of sp³-hybridized carbons (Fsp3) is 0.517. The van der Waals surface area contributed by atoms with Gasteiger partial charge in [0.2, 0.25) is 0 Å². The van der Waals surface area contributed by atoms with E-state index in [0.29, 0.717) is 72.7 Å². The number of rotatable bonds is 40. The molecule has 23 heteroatoms. The van der Waals surface area contributed by atoms with Crippen LogP contribution in [-0.4, -0.2) is 110 Å². The van der Waals surface area contributed by atoms with Gasteiger partial charge in [-0.05, 0) is 57.1 Å². The topological polar surface area (TPSA) is 267 Å². The van der Waals surface area contributed by atoms with E-state index in [1.54, 1.807) is 40.7 Å². The molecule has 1 aliphatic carbocycles. The van der Waals surface area contributed by atoms with E-state index in [1.807, 2.05) is 0 Å². The maximum Gasteiger partial charge on any atom is 0.330 e. The molecule has 0 aromatic rings. The molecule has 0 bridgehead atoms. The van der Waals surface area contributed by atoms with Gasteiger partial charge in [0.15, 0.2) is 6.20 Å². The van der Waals surface area contributed by atoms with Crippen molar-refractivity contribution in [3.63, 3.8) is 0 Å². The van der Waals surface area contributed by atoms with E-state index in [-0.39, 0.29) is 89.7 Å². The Morgan fingerprint density at radius 3 is 1.27 bits per heavy atom. The summed E-state index contributed by atoms with van der Waals surface area (Å²) < 4.78 is 53.1. The zero-order chi connectivity index (χ0) is 62.0. The van der Waals surface area contributed by atoms with Gasteiger partial charge in [-0.1, -0.05) is 78.3 Å². The molecule has 0 aromatic carbocycles. The minimum atomic E-state index is -0.645. The van der Waals surface area contributed by atoms with Crippen LogP contribution >= 0.6 is 23.5 Å². The van der Waals surface area contributed by atoms with Gasteiger partial charge in [0.25, 0.3) is 0 Å². The molecule has 0 radical (unpaired) electrons. The molecule has 2 aliphatic rings. The fourth-order valence-corrected chi connectivity index (χ4v) is 10.1. The van der Waals surface area contributed by atoms with Crippen LogP contribution in [0.3, 0.4) is 0 Å². The molecule has 6 unspecified atom stereocenters. The van der Waals surface area contributed by atoms with Crippen LogP contribution in [-0.2, 0) is 95.3 Å². The minimum Gasteiger partial charge on any atom is -0.465 e. The number of thioether (sulfide) groups is 2. The van der Waals surface area contributed by atoms with E-state index >= 15 is 0 Å². The van der Waals surface area contributed by atoms with E-state index in [2.05, 4.69) is 44.3 Å². The van der Waals surface area contributed by atoms with Crippen LogP contribution in [0.25, 0.3) is 4.85 Å². The van der Waals surface area contributed by atoms with Gasteiger partial charge in [0.1, 0.15) is 49.5 Å². The van der Waals surface area contributed by atoms with Crippen molar-refractivity contribution in [1.29, 1.82) is 0 Å². The van der Waals surface area contributed by atoms with E-state index < -0.39 is 93.9 Å². The standard InChI is InChI=1S/C60H77NO20S2/c1-13-47(62)74-31-33-76-51(66)25-23-49(64)72-29-27-37(3)15-21-44(10)78-57(68)39(5)17-19-41(7)59(70)80-46-35-43(9)54(56-55(46)82-53(83-56)36-61-12)81-60(71)42(8)20-18-40(6)58(69)79-45(11)22-16-38(4)28-30-73-50(65)24-26-52(67)77-34-32-75-48(63)14-2/h13-14,35-36,39-42,55-56H,1-4,10-11,15-34H2,5-9H3/b53-36+. The maximum absolute atomic E-state index is 13.6. The van der Waals surface area contributed by atoms with Crippen LogP contribution in [0.15, 0.2) is 108 Å². The highest BCUT2D eigenvalue weighted by Crippen LogP contribution is 2.55. The Labute approximate surface area is 494 Å². The molecule has 0 saturated carbocycles. The summed E-state index contributed by atoms with van der Waals surface area (Å²) in [5.41, 5.74) is 1.99. The second kappa shape index (κ2) is 39.1. The summed E-state index contributed by atoms with van der Waals surface area (Å²) in [7, 11) is 0. The molecular formula is C60H77NO20S2. The molecule has 1 aliphatic heterocycles. The summed E-state index contributed by atoms with van der Waals surface area (Å²) in [6, 6.07) is 0. The van der Waals surface area contributed by atoms with Crippen molar-refractivity contribution in [3.8, 4) is 0 Å². The summed E-state index contributed by atoms with van der Waals surface area (Å²) in [5, 5.41) is -1.00. The van der Waals surface area contributed by atoms with E-state index in [9.17, 15) is 47.9 Å². The third-order valence-electron chi connectivity index (χ3n) is 12.3. The van der Waals surface area contributed by atoms with Crippen LogP contribution in [0.4, 0.5) is 0 Å². The van der Waals surface area contributed by atoms with Crippen LogP contribution in [0.2, 0.25) is 0 Å². The molecule has 1 heterocycles. The Kier molecular flexibility index (Phi) is 33.8. The summed E-state index contributed by atoms with van der Waals surface area (Å²) in [5.74, 6) is -7.12. The number of hydrogen-bond acceptors (Lipinski definition) is 22. The zero-order valence-electron chi connectivity index (χ0n) is 48.1. The van der Waals surface area contributed by atoms with Crippen molar-refractivity contribution in [2.45, 2.75) is 135 Å². The first kappa shape index (κ1) is 71.7. The van der Waals surface area contributed by atoms with Crippen LogP contribution in [0.5, 0.6) is 0 Å². The first-order chi connectivity index (χ1) is 39.4. The lowest BCUT2D eigenvalue weighted by atomic mass is 9.97.